The number of nitrogens with one attached hydrogen (secondary N) is 1. The first-order valence-electron chi connectivity index (χ1n) is 6.31. The van der Waals surface area contributed by atoms with Gasteiger partial charge in [0.2, 0.25) is 0 Å². The molecule has 0 saturated heterocycles. The van der Waals surface area contributed by atoms with Crippen LogP contribution in [0.2, 0.25) is 0 Å². The largest absolute Gasteiger partial charge is 0.497 e. The maximum atomic E-state index is 13.1. The van der Waals surface area contributed by atoms with E-state index in [0.717, 1.165) is 0 Å². The number of fused-ring (bicyclic) bond motifs is 1. The third kappa shape index (κ3) is 2.56. The quantitative estimate of drug-likeness (QED) is 0.925. The van der Waals surface area contributed by atoms with Crippen molar-refractivity contribution in [3.8, 4) is 17.1 Å². The lowest BCUT2D eigenvalue weighted by molar-refractivity contribution is -0.141. The molecule has 1 aliphatic rings. The summed E-state index contributed by atoms with van der Waals surface area (Å²) in [6.45, 7) is 0.459. The molecule has 0 bridgehead atoms. The van der Waals surface area contributed by atoms with Crippen LogP contribution < -0.4 is 10.1 Å². The molecule has 4 nitrogen and oxygen atoms in total. The van der Waals surface area contributed by atoms with Crippen molar-refractivity contribution >= 4 is 0 Å². The minimum atomic E-state index is -4.49. The fraction of sp³-hybridized carbons (Fsp3) is 0.286. The molecule has 0 unspecified atom stereocenters. The summed E-state index contributed by atoms with van der Waals surface area (Å²) in [5, 5.41) is 2.87. The second-order valence-electron chi connectivity index (χ2n) is 4.65. The van der Waals surface area contributed by atoms with E-state index in [9.17, 15) is 13.2 Å². The van der Waals surface area contributed by atoms with Crippen LogP contribution in [-0.2, 0) is 19.3 Å². The van der Waals surface area contributed by atoms with Gasteiger partial charge in [0.1, 0.15) is 5.75 Å². The van der Waals surface area contributed by atoms with E-state index >= 15 is 0 Å². The lowest BCUT2D eigenvalue weighted by atomic mass is 10.1. The number of aromatic nitrogens is 2. The van der Waals surface area contributed by atoms with Crippen LogP contribution in [0.3, 0.4) is 0 Å². The first kappa shape index (κ1) is 13.8. The normalized spacial score (nSPS) is 14.1. The molecule has 2 heterocycles. The average molecular weight is 295 g/mol. The molecular formula is C14H12F3N3O. The van der Waals surface area contributed by atoms with E-state index in [2.05, 4.69) is 15.3 Å². The lowest BCUT2D eigenvalue weighted by Gasteiger charge is -2.12. The summed E-state index contributed by atoms with van der Waals surface area (Å²) >= 11 is 0. The van der Waals surface area contributed by atoms with Gasteiger partial charge in [0.25, 0.3) is 0 Å². The van der Waals surface area contributed by atoms with Gasteiger partial charge in [-0.1, -0.05) is 12.1 Å². The molecule has 0 atom stereocenters. The van der Waals surface area contributed by atoms with Crippen LogP contribution >= 0.6 is 0 Å². The number of methoxy groups -OCH3 is 1. The summed E-state index contributed by atoms with van der Waals surface area (Å²) in [4.78, 5) is 7.97. The molecule has 1 aromatic heterocycles. The SMILES string of the molecule is COc1cccc(-c2nc3c(c(C(F)(F)F)n2)CNC3)c1. The number of alkyl halides is 3. The predicted molar refractivity (Wildman–Crippen MR) is 69.6 cm³/mol. The van der Waals surface area contributed by atoms with Gasteiger partial charge in [0, 0.05) is 24.2 Å². The molecule has 1 N–H and O–H groups in total. The van der Waals surface area contributed by atoms with E-state index in [1.807, 2.05) is 0 Å². The van der Waals surface area contributed by atoms with E-state index in [4.69, 9.17) is 4.74 Å². The zero-order valence-electron chi connectivity index (χ0n) is 11.2. The maximum Gasteiger partial charge on any atom is 0.433 e. The molecule has 3 rings (SSSR count). The fourth-order valence-corrected chi connectivity index (χ4v) is 2.29. The van der Waals surface area contributed by atoms with Crippen molar-refractivity contribution < 1.29 is 17.9 Å². The van der Waals surface area contributed by atoms with Crippen molar-refractivity contribution in [2.45, 2.75) is 19.3 Å². The third-order valence-corrected chi connectivity index (χ3v) is 3.28. The highest BCUT2D eigenvalue weighted by molar-refractivity contribution is 5.58. The first-order valence-corrected chi connectivity index (χ1v) is 6.31. The molecule has 1 aromatic carbocycles. The zero-order chi connectivity index (χ0) is 15.0. The van der Waals surface area contributed by atoms with E-state index < -0.39 is 11.9 Å². The van der Waals surface area contributed by atoms with E-state index in [-0.39, 0.29) is 17.9 Å². The molecule has 0 fully saturated rings. The standard InChI is InChI=1S/C14H12F3N3O/c1-21-9-4-2-3-8(5-9)13-19-11-7-18-6-10(11)12(20-13)14(15,16)17/h2-5,18H,6-7H2,1H3. The van der Waals surface area contributed by atoms with Gasteiger partial charge in [-0.15, -0.1) is 0 Å². The van der Waals surface area contributed by atoms with Crippen molar-refractivity contribution in [3.63, 3.8) is 0 Å². The third-order valence-electron chi connectivity index (χ3n) is 3.28. The van der Waals surface area contributed by atoms with E-state index in [1.54, 1.807) is 24.3 Å². The second-order valence-corrected chi connectivity index (χ2v) is 4.65. The van der Waals surface area contributed by atoms with Gasteiger partial charge < -0.3 is 10.1 Å². The van der Waals surface area contributed by atoms with E-state index in [1.165, 1.54) is 7.11 Å². The topological polar surface area (TPSA) is 47.0 Å². The van der Waals surface area contributed by atoms with Crippen molar-refractivity contribution in [3.05, 3.63) is 41.2 Å². The van der Waals surface area contributed by atoms with Gasteiger partial charge in [-0.25, -0.2) is 9.97 Å². The Balaban J connectivity index is 2.15. The number of benzene rings is 1. The number of rotatable bonds is 2. The summed E-state index contributed by atoms with van der Waals surface area (Å²) in [5.74, 6) is 0.604. The summed E-state index contributed by atoms with van der Waals surface area (Å²) in [6, 6.07) is 6.68. The van der Waals surface area contributed by atoms with Gasteiger partial charge in [-0.3, -0.25) is 0 Å². The number of hydrogen-bond acceptors (Lipinski definition) is 4. The molecule has 2 aromatic rings. The highest BCUT2D eigenvalue weighted by atomic mass is 19.4. The van der Waals surface area contributed by atoms with Crippen LogP contribution in [0, 0.1) is 0 Å². The number of ether oxygens (including phenoxy) is 1. The smallest absolute Gasteiger partial charge is 0.433 e. The van der Waals surface area contributed by atoms with Gasteiger partial charge in [-0.2, -0.15) is 13.2 Å². The lowest BCUT2D eigenvalue weighted by Crippen LogP contribution is -2.14. The predicted octanol–water partition coefficient (Wildman–Crippen LogP) is 2.77. The number of halogens is 3. The highest BCUT2D eigenvalue weighted by Gasteiger charge is 2.38. The molecule has 0 spiro atoms. The minimum Gasteiger partial charge on any atom is -0.497 e. The second kappa shape index (κ2) is 5.00. The first-order chi connectivity index (χ1) is 9.99. The van der Waals surface area contributed by atoms with Crippen molar-refractivity contribution in [2.75, 3.05) is 7.11 Å². The van der Waals surface area contributed by atoms with Gasteiger partial charge >= 0.3 is 6.18 Å². The molecule has 7 heteroatoms. The van der Waals surface area contributed by atoms with Crippen LogP contribution in [0.5, 0.6) is 5.75 Å². The Morgan fingerprint density at radius 2 is 2.00 bits per heavy atom. The highest BCUT2D eigenvalue weighted by Crippen LogP contribution is 2.34. The maximum absolute atomic E-state index is 13.1. The summed E-state index contributed by atoms with van der Waals surface area (Å²) in [6.07, 6.45) is -4.49. The Labute approximate surface area is 119 Å². The molecule has 0 aliphatic carbocycles. The average Bonchev–Trinajstić information content (AvgIpc) is 2.93. The van der Waals surface area contributed by atoms with Crippen LogP contribution in [0.15, 0.2) is 24.3 Å². The summed E-state index contributed by atoms with van der Waals surface area (Å²) in [7, 11) is 1.49. The Bertz CT molecular complexity index is 686. The number of hydrogen-bond donors (Lipinski definition) is 1. The molecular weight excluding hydrogens is 283 g/mol. The fourth-order valence-electron chi connectivity index (χ4n) is 2.29. The summed E-state index contributed by atoms with van der Waals surface area (Å²) < 4.78 is 44.5. The van der Waals surface area contributed by atoms with Crippen LogP contribution in [0.4, 0.5) is 13.2 Å². The molecule has 0 radical (unpaired) electrons. The Hall–Kier alpha value is -2.15. The van der Waals surface area contributed by atoms with Gasteiger partial charge in [0.15, 0.2) is 11.5 Å². The van der Waals surface area contributed by atoms with Crippen LogP contribution in [0.25, 0.3) is 11.4 Å². The minimum absolute atomic E-state index is 0.0590. The molecule has 0 saturated carbocycles. The van der Waals surface area contributed by atoms with Gasteiger partial charge in [0.05, 0.1) is 12.8 Å². The molecule has 1 aliphatic heterocycles. The van der Waals surface area contributed by atoms with Crippen LogP contribution in [0.1, 0.15) is 17.0 Å². The van der Waals surface area contributed by atoms with E-state index in [0.29, 0.717) is 23.6 Å². The zero-order valence-corrected chi connectivity index (χ0v) is 11.2. The molecule has 21 heavy (non-hydrogen) atoms. The molecule has 110 valence electrons. The Morgan fingerprint density at radius 1 is 1.19 bits per heavy atom. The van der Waals surface area contributed by atoms with Crippen LogP contribution in [-0.4, -0.2) is 17.1 Å². The molecule has 0 amide bonds. The monoisotopic (exact) mass is 295 g/mol. The Morgan fingerprint density at radius 3 is 2.71 bits per heavy atom. The van der Waals surface area contributed by atoms with Crippen molar-refractivity contribution in [1.29, 1.82) is 0 Å². The van der Waals surface area contributed by atoms with Gasteiger partial charge in [-0.05, 0) is 12.1 Å². The van der Waals surface area contributed by atoms with Crippen molar-refractivity contribution in [1.82, 2.24) is 15.3 Å². The number of nitrogens with zero attached hydrogens (tertiary/aromatic N) is 2. The Kier molecular flexibility index (Phi) is 3.29. The summed E-state index contributed by atoms with van der Waals surface area (Å²) in [5.41, 5.74) is 0.161. The van der Waals surface area contributed by atoms with Crippen molar-refractivity contribution in [2.24, 2.45) is 0 Å².